The van der Waals surface area contributed by atoms with Gasteiger partial charge in [-0.3, -0.25) is 9.69 Å². The molecule has 0 radical (unpaired) electrons. The molecule has 0 bridgehead atoms. The molecule has 2 unspecified atom stereocenters. The van der Waals surface area contributed by atoms with Crippen LogP contribution in [0.4, 0.5) is 4.79 Å². The molecule has 2 aliphatic rings. The van der Waals surface area contributed by atoms with Gasteiger partial charge in [-0.25, -0.2) is 4.79 Å². The predicted molar refractivity (Wildman–Crippen MR) is 56.7 cm³/mol. The van der Waals surface area contributed by atoms with Gasteiger partial charge in [0.05, 0.1) is 25.7 Å². The average molecular weight is 244 g/mol. The number of rotatable bonds is 4. The van der Waals surface area contributed by atoms with Gasteiger partial charge in [-0.1, -0.05) is 0 Å². The van der Waals surface area contributed by atoms with Gasteiger partial charge in [0.15, 0.2) is 0 Å². The van der Waals surface area contributed by atoms with Crippen molar-refractivity contribution in [3.63, 3.8) is 0 Å². The van der Waals surface area contributed by atoms with E-state index in [9.17, 15) is 9.59 Å². The van der Waals surface area contributed by atoms with E-state index in [-0.39, 0.29) is 24.7 Å². The summed E-state index contributed by atoms with van der Waals surface area (Å²) in [6.07, 6.45) is -0.790. The van der Waals surface area contributed by atoms with Crippen LogP contribution in [0.2, 0.25) is 0 Å². The Kier molecular flexibility index (Phi) is 3.80. The van der Waals surface area contributed by atoms with Gasteiger partial charge in [-0.15, -0.1) is 0 Å². The number of carbonyl (C=O) groups excluding carboxylic acids is 1. The number of amides is 1. The van der Waals surface area contributed by atoms with Crippen molar-refractivity contribution in [3.05, 3.63) is 0 Å². The maximum absolute atomic E-state index is 10.9. The number of aliphatic carboxylic acids is 1. The fraction of sp³-hybridized carbons (Fsp3) is 0.800. The zero-order chi connectivity index (χ0) is 12.3. The van der Waals surface area contributed by atoms with Crippen LogP contribution in [0.25, 0.3) is 0 Å². The highest BCUT2D eigenvalue weighted by atomic mass is 16.6. The summed E-state index contributed by atoms with van der Waals surface area (Å²) in [6, 6.07) is 0. The van der Waals surface area contributed by atoms with Crippen molar-refractivity contribution in [3.8, 4) is 0 Å². The standard InChI is InChI=1S/C10H16N2O5/c13-9(14)3-7-5-12(1-2-16-7)6-8-4-11-10(15)17-8/h7-8H,1-6H2,(H,11,15)(H,13,14). The number of nitrogens with zero attached hydrogens (tertiary/aromatic N) is 1. The third kappa shape index (κ3) is 3.57. The van der Waals surface area contributed by atoms with E-state index >= 15 is 0 Å². The second-order valence-electron chi connectivity index (χ2n) is 4.26. The van der Waals surface area contributed by atoms with E-state index in [4.69, 9.17) is 14.6 Å². The third-order valence-electron chi connectivity index (χ3n) is 2.83. The van der Waals surface area contributed by atoms with Crippen LogP contribution in [0.1, 0.15) is 6.42 Å². The lowest BCUT2D eigenvalue weighted by Gasteiger charge is -2.33. The van der Waals surface area contributed by atoms with E-state index < -0.39 is 5.97 Å². The first kappa shape index (κ1) is 12.1. The minimum absolute atomic E-state index is 0.0131. The second-order valence-corrected chi connectivity index (χ2v) is 4.26. The van der Waals surface area contributed by atoms with Gasteiger partial charge in [0.1, 0.15) is 6.10 Å². The molecule has 7 nitrogen and oxygen atoms in total. The molecule has 0 spiro atoms. The van der Waals surface area contributed by atoms with Crippen molar-refractivity contribution < 1.29 is 24.2 Å². The summed E-state index contributed by atoms with van der Waals surface area (Å²) < 4.78 is 10.4. The Hall–Kier alpha value is -1.34. The monoisotopic (exact) mass is 244 g/mol. The number of ether oxygens (including phenoxy) is 2. The molecule has 2 aliphatic heterocycles. The number of hydrogen-bond donors (Lipinski definition) is 2. The highest BCUT2D eigenvalue weighted by Crippen LogP contribution is 2.11. The number of alkyl carbamates (subject to hydrolysis) is 1. The van der Waals surface area contributed by atoms with Gasteiger partial charge in [0, 0.05) is 19.6 Å². The Labute approximate surface area is 98.7 Å². The number of cyclic esters (lactones) is 1. The smallest absolute Gasteiger partial charge is 0.407 e. The predicted octanol–water partition coefficient (Wildman–Crippen LogP) is -0.730. The molecular weight excluding hydrogens is 228 g/mol. The van der Waals surface area contributed by atoms with E-state index in [1.165, 1.54) is 0 Å². The maximum Gasteiger partial charge on any atom is 0.407 e. The lowest BCUT2D eigenvalue weighted by Crippen LogP contribution is -2.46. The summed E-state index contributed by atoms with van der Waals surface area (Å²) in [6.45, 7) is 2.97. The van der Waals surface area contributed by atoms with Gasteiger partial charge in [-0.05, 0) is 0 Å². The molecule has 1 amide bonds. The van der Waals surface area contributed by atoms with Crippen molar-refractivity contribution in [1.82, 2.24) is 10.2 Å². The molecule has 2 saturated heterocycles. The zero-order valence-corrected chi connectivity index (χ0v) is 9.42. The minimum atomic E-state index is -0.856. The van der Waals surface area contributed by atoms with Gasteiger partial charge in [-0.2, -0.15) is 0 Å². The fourth-order valence-corrected chi connectivity index (χ4v) is 2.09. The summed E-state index contributed by atoms with van der Waals surface area (Å²) in [5, 5.41) is 11.3. The number of carboxylic acids is 1. The van der Waals surface area contributed by atoms with Crippen molar-refractivity contribution in [2.45, 2.75) is 18.6 Å². The van der Waals surface area contributed by atoms with E-state index in [1.807, 2.05) is 0 Å². The molecule has 0 aromatic heterocycles. The Morgan fingerprint density at radius 3 is 3.00 bits per heavy atom. The largest absolute Gasteiger partial charge is 0.481 e. The molecule has 2 fully saturated rings. The van der Waals surface area contributed by atoms with Crippen LogP contribution < -0.4 is 5.32 Å². The van der Waals surface area contributed by atoms with E-state index in [1.54, 1.807) is 0 Å². The van der Waals surface area contributed by atoms with Crippen molar-refractivity contribution in [1.29, 1.82) is 0 Å². The van der Waals surface area contributed by atoms with Crippen LogP contribution in [0.15, 0.2) is 0 Å². The van der Waals surface area contributed by atoms with Crippen LogP contribution in [0.5, 0.6) is 0 Å². The number of morpholine rings is 1. The van der Waals surface area contributed by atoms with Gasteiger partial charge in [0.25, 0.3) is 0 Å². The number of nitrogens with one attached hydrogen (secondary N) is 1. The highest BCUT2D eigenvalue weighted by molar-refractivity contribution is 5.69. The van der Waals surface area contributed by atoms with Crippen LogP contribution in [-0.4, -0.2) is 67.1 Å². The Balaban J connectivity index is 1.77. The zero-order valence-electron chi connectivity index (χ0n) is 9.42. The van der Waals surface area contributed by atoms with Crippen molar-refractivity contribution in [2.75, 3.05) is 32.8 Å². The Bertz CT molecular complexity index is 309. The summed E-state index contributed by atoms with van der Waals surface area (Å²) in [7, 11) is 0. The molecule has 2 rings (SSSR count). The number of hydrogen-bond acceptors (Lipinski definition) is 5. The lowest BCUT2D eigenvalue weighted by atomic mass is 10.2. The highest BCUT2D eigenvalue weighted by Gasteiger charge is 2.28. The maximum atomic E-state index is 10.9. The molecule has 2 N–H and O–H groups in total. The van der Waals surface area contributed by atoms with Gasteiger partial charge < -0.3 is 19.9 Å². The van der Waals surface area contributed by atoms with Crippen LogP contribution in [0, 0.1) is 0 Å². The molecule has 0 saturated carbocycles. The first-order valence-electron chi connectivity index (χ1n) is 5.63. The summed E-state index contributed by atoms with van der Waals surface area (Å²) >= 11 is 0. The molecule has 2 heterocycles. The quantitative estimate of drug-likeness (QED) is 0.678. The molecule has 96 valence electrons. The normalized spacial score (nSPS) is 29.8. The lowest BCUT2D eigenvalue weighted by molar-refractivity contribution is -0.142. The summed E-state index contributed by atoms with van der Waals surface area (Å²) in [5.41, 5.74) is 0. The first-order chi connectivity index (χ1) is 8.13. The number of carboxylic acid groups (broad SMARTS) is 1. The topological polar surface area (TPSA) is 88.1 Å². The van der Waals surface area contributed by atoms with E-state index in [0.29, 0.717) is 26.2 Å². The van der Waals surface area contributed by atoms with Gasteiger partial charge in [0.2, 0.25) is 0 Å². The third-order valence-corrected chi connectivity index (χ3v) is 2.83. The Morgan fingerprint density at radius 2 is 2.35 bits per heavy atom. The van der Waals surface area contributed by atoms with Crippen molar-refractivity contribution in [2.24, 2.45) is 0 Å². The first-order valence-corrected chi connectivity index (χ1v) is 5.63. The Morgan fingerprint density at radius 1 is 1.53 bits per heavy atom. The molecule has 0 aromatic rings. The van der Waals surface area contributed by atoms with Gasteiger partial charge >= 0.3 is 12.1 Å². The fourth-order valence-electron chi connectivity index (χ4n) is 2.09. The summed E-state index contributed by atoms with van der Waals surface area (Å²) in [5.74, 6) is -0.856. The summed E-state index contributed by atoms with van der Waals surface area (Å²) in [4.78, 5) is 23.5. The van der Waals surface area contributed by atoms with Crippen LogP contribution in [-0.2, 0) is 14.3 Å². The molecule has 2 atom stereocenters. The average Bonchev–Trinajstić information content (AvgIpc) is 2.63. The van der Waals surface area contributed by atoms with Crippen LogP contribution >= 0.6 is 0 Å². The molecule has 7 heteroatoms. The molecule has 0 aliphatic carbocycles. The molecular formula is C10H16N2O5. The van der Waals surface area contributed by atoms with E-state index in [2.05, 4.69) is 10.2 Å². The minimum Gasteiger partial charge on any atom is -0.481 e. The number of carbonyl (C=O) groups is 2. The van der Waals surface area contributed by atoms with Crippen molar-refractivity contribution >= 4 is 12.1 Å². The second kappa shape index (κ2) is 5.33. The molecule has 0 aromatic carbocycles. The van der Waals surface area contributed by atoms with E-state index in [0.717, 1.165) is 6.54 Å². The van der Waals surface area contributed by atoms with Crippen LogP contribution in [0.3, 0.4) is 0 Å². The SMILES string of the molecule is O=C(O)CC1CN(CC2CNC(=O)O2)CCO1. The molecule has 17 heavy (non-hydrogen) atoms.